The number of aryl methyl sites for hydroxylation is 3. The monoisotopic (exact) mass is 328 g/mol. The molecule has 128 valence electrons. The van der Waals surface area contributed by atoms with Crippen LogP contribution in [0, 0.1) is 13.8 Å². The van der Waals surface area contributed by atoms with Crippen LogP contribution in [-0.2, 0) is 6.54 Å². The third-order valence-corrected chi connectivity index (χ3v) is 4.72. The minimum atomic E-state index is -0.283. The van der Waals surface area contributed by atoms with Crippen LogP contribution in [0.3, 0.4) is 0 Å². The highest BCUT2D eigenvalue weighted by Gasteiger charge is 2.29. The molecule has 3 rings (SSSR count). The Hall–Kier alpha value is -2.37. The summed E-state index contributed by atoms with van der Waals surface area (Å²) in [6.07, 6.45) is 7.65. The molecule has 1 N–H and O–H groups in total. The molecule has 0 bridgehead atoms. The smallest absolute Gasteiger partial charge is 0.261 e. The van der Waals surface area contributed by atoms with Crippen molar-refractivity contribution in [2.45, 2.75) is 52.1 Å². The van der Waals surface area contributed by atoms with E-state index < -0.39 is 0 Å². The number of hydrogen-bond acceptors (Lipinski definition) is 3. The number of H-pyrrole nitrogens is 1. The highest BCUT2D eigenvalue weighted by Crippen LogP contribution is 2.22. The van der Waals surface area contributed by atoms with Gasteiger partial charge in [0, 0.05) is 37.2 Å². The van der Waals surface area contributed by atoms with Crippen molar-refractivity contribution in [2.24, 2.45) is 0 Å². The lowest BCUT2D eigenvalue weighted by molar-refractivity contribution is 0.0591. The number of carbonyl (C=O) groups is 1. The molecule has 24 heavy (non-hydrogen) atoms. The highest BCUT2D eigenvalue weighted by atomic mass is 16.2. The summed E-state index contributed by atoms with van der Waals surface area (Å²) in [7, 11) is 0. The maximum atomic E-state index is 13.0. The van der Waals surface area contributed by atoms with E-state index in [-0.39, 0.29) is 23.1 Å². The molecule has 0 radical (unpaired) electrons. The fraction of sp³-hybridized carbons (Fsp3) is 0.500. The Balaban J connectivity index is 1.80. The van der Waals surface area contributed by atoms with Crippen molar-refractivity contribution in [2.75, 3.05) is 6.54 Å². The minimum absolute atomic E-state index is 0.140. The van der Waals surface area contributed by atoms with Crippen LogP contribution in [0.4, 0.5) is 0 Å². The van der Waals surface area contributed by atoms with E-state index in [2.05, 4.69) is 10.1 Å². The van der Waals surface area contributed by atoms with Crippen molar-refractivity contribution >= 4 is 5.91 Å². The molecule has 1 fully saturated rings. The first-order valence-corrected chi connectivity index (χ1v) is 8.55. The fourth-order valence-electron chi connectivity index (χ4n) is 3.55. The van der Waals surface area contributed by atoms with E-state index in [0.29, 0.717) is 0 Å². The van der Waals surface area contributed by atoms with E-state index >= 15 is 0 Å². The molecule has 1 atom stereocenters. The van der Waals surface area contributed by atoms with Gasteiger partial charge in [-0.15, -0.1) is 0 Å². The van der Waals surface area contributed by atoms with Gasteiger partial charge in [0.15, 0.2) is 0 Å². The van der Waals surface area contributed by atoms with E-state index in [1.807, 2.05) is 41.8 Å². The summed E-state index contributed by atoms with van der Waals surface area (Å²) in [5, 5.41) is 4.22. The Morgan fingerprint density at radius 2 is 2.21 bits per heavy atom. The van der Waals surface area contributed by atoms with Gasteiger partial charge in [0.1, 0.15) is 5.56 Å². The van der Waals surface area contributed by atoms with Gasteiger partial charge < -0.3 is 9.88 Å². The third-order valence-electron chi connectivity index (χ3n) is 4.72. The van der Waals surface area contributed by atoms with Crippen LogP contribution < -0.4 is 5.56 Å². The molecule has 2 aromatic heterocycles. The van der Waals surface area contributed by atoms with Crippen molar-refractivity contribution < 1.29 is 4.79 Å². The molecule has 2 aromatic rings. The van der Waals surface area contributed by atoms with E-state index in [4.69, 9.17) is 0 Å². The molecule has 1 aliphatic heterocycles. The summed E-state index contributed by atoms with van der Waals surface area (Å²) in [5.41, 5.74) is 1.53. The van der Waals surface area contributed by atoms with Crippen molar-refractivity contribution in [1.82, 2.24) is 19.7 Å². The van der Waals surface area contributed by atoms with Crippen LogP contribution in [0.15, 0.2) is 29.3 Å². The number of likely N-dealkylation sites (tertiary alicyclic amines) is 1. The quantitative estimate of drug-likeness (QED) is 0.936. The molecule has 1 aliphatic rings. The molecule has 6 heteroatoms. The average molecular weight is 328 g/mol. The lowest BCUT2D eigenvalue weighted by Crippen LogP contribution is -2.46. The predicted molar refractivity (Wildman–Crippen MR) is 92.1 cm³/mol. The molecule has 1 unspecified atom stereocenters. The average Bonchev–Trinajstić information content (AvgIpc) is 3.05. The second kappa shape index (κ2) is 7.03. The summed E-state index contributed by atoms with van der Waals surface area (Å²) in [6, 6.07) is 3.92. The highest BCUT2D eigenvalue weighted by molar-refractivity contribution is 5.95. The maximum absolute atomic E-state index is 13.0. The number of aromatic amines is 1. The summed E-state index contributed by atoms with van der Waals surface area (Å²) >= 11 is 0. The third kappa shape index (κ3) is 3.42. The molecule has 6 nitrogen and oxygen atoms in total. The number of nitrogens with zero attached hydrogens (tertiary/aromatic N) is 3. The number of pyridine rings is 1. The zero-order valence-electron chi connectivity index (χ0n) is 14.3. The lowest BCUT2D eigenvalue weighted by atomic mass is 9.97. The Labute approximate surface area is 141 Å². The molecular formula is C18H24N4O2. The van der Waals surface area contributed by atoms with Gasteiger partial charge in [0.2, 0.25) is 0 Å². The molecule has 0 saturated carbocycles. The van der Waals surface area contributed by atoms with Gasteiger partial charge in [0.05, 0.1) is 0 Å². The molecule has 0 aromatic carbocycles. The van der Waals surface area contributed by atoms with Crippen molar-refractivity contribution in [1.29, 1.82) is 0 Å². The number of nitrogens with one attached hydrogen (secondary N) is 1. The number of aromatic nitrogens is 3. The van der Waals surface area contributed by atoms with Gasteiger partial charge in [-0.2, -0.15) is 5.10 Å². The van der Waals surface area contributed by atoms with Gasteiger partial charge in [-0.1, -0.05) is 0 Å². The van der Waals surface area contributed by atoms with Crippen LogP contribution in [0.5, 0.6) is 0 Å². The SMILES string of the molecule is Cc1cc(C)c(C(=O)N2CCCCC2CCn2cccn2)c(=O)[nH]1. The first kappa shape index (κ1) is 16.5. The Kier molecular flexibility index (Phi) is 4.83. The summed E-state index contributed by atoms with van der Waals surface area (Å²) in [5.74, 6) is -0.140. The van der Waals surface area contributed by atoms with Crippen LogP contribution in [0.1, 0.15) is 47.3 Å². The fourth-order valence-corrected chi connectivity index (χ4v) is 3.55. The summed E-state index contributed by atoms with van der Waals surface area (Å²) in [4.78, 5) is 29.9. The molecule has 3 heterocycles. The van der Waals surface area contributed by atoms with Crippen LogP contribution in [-0.4, -0.2) is 38.2 Å². The van der Waals surface area contributed by atoms with E-state index in [9.17, 15) is 9.59 Å². The van der Waals surface area contributed by atoms with Crippen molar-refractivity contribution in [3.8, 4) is 0 Å². The second-order valence-corrected chi connectivity index (χ2v) is 6.55. The Morgan fingerprint density at radius 3 is 2.92 bits per heavy atom. The lowest BCUT2D eigenvalue weighted by Gasteiger charge is -2.36. The molecule has 1 saturated heterocycles. The van der Waals surface area contributed by atoms with Crippen molar-refractivity contribution in [3.63, 3.8) is 0 Å². The van der Waals surface area contributed by atoms with Gasteiger partial charge >= 0.3 is 0 Å². The Bertz CT molecular complexity index is 764. The first-order valence-electron chi connectivity index (χ1n) is 8.55. The summed E-state index contributed by atoms with van der Waals surface area (Å²) < 4.78 is 1.89. The molecular weight excluding hydrogens is 304 g/mol. The van der Waals surface area contributed by atoms with E-state index in [0.717, 1.165) is 50.0 Å². The van der Waals surface area contributed by atoms with Gasteiger partial charge in [-0.3, -0.25) is 14.3 Å². The second-order valence-electron chi connectivity index (χ2n) is 6.55. The van der Waals surface area contributed by atoms with Crippen LogP contribution in [0.25, 0.3) is 0 Å². The normalized spacial score (nSPS) is 17.9. The molecule has 0 aliphatic carbocycles. The zero-order valence-corrected chi connectivity index (χ0v) is 14.3. The number of hydrogen-bond donors (Lipinski definition) is 1. The van der Waals surface area contributed by atoms with Gasteiger partial charge in [0.25, 0.3) is 11.5 Å². The Morgan fingerprint density at radius 1 is 1.38 bits per heavy atom. The standard InChI is InChI=1S/C18H24N4O2/c1-13-12-14(2)20-17(23)16(13)18(24)22-10-4-3-6-15(22)7-11-21-9-5-8-19-21/h5,8-9,12,15H,3-4,6-7,10-11H2,1-2H3,(H,20,23). The van der Waals surface area contributed by atoms with E-state index in [1.165, 1.54) is 0 Å². The maximum Gasteiger partial charge on any atom is 0.261 e. The zero-order chi connectivity index (χ0) is 17.1. The summed E-state index contributed by atoms with van der Waals surface area (Å²) in [6.45, 7) is 5.16. The van der Waals surface area contributed by atoms with Crippen molar-refractivity contribution in [3.05, 3.63) is 51.7 Å². The van der Waals surface area contributed by atoms with Gasteiger partial charge in [-0.05, 0) is 57.2 Å². The van der Waals surface area contributed by atoms with Crippen LogP contribution in [0.2, 0.25) is 0 Å². The minimum Gasteiger partial charge on any atom is -0.335 e. The van der Waals surface area contributed by atoms with Crippen LogP contribution >= 0.6 is 0 Å². The number of carbonyl (C=O) groups excluding carboxylic acids is 1. The largest absolute Gasteiger partial charge is 0.335 e. The number of amides is 1. The van der Waals surface area contributed by atoms with E-state index in [1.54, 1.807) is 6.20 Å². The molecule has 1 amide bonds. The number of piperidine rings is 1. The molecule has 0 spiro atoms. The topological polar surface area (TPSA) is 71.0 Å². The first-order chi connectivity index (χ1) is 11.6. The predicted octanol–water partition coefficient (Wildman–Crippen LogP) is 2.27. The van der Waals surface area contributed by atoms with Gasteiger partial charge in [-0.25, -0.2) is 0 Å². The number of rotatable bonds is 4.